The molecule has 2 rings (SSSR count). The lowest BCUT2D eigenvalue weighted by molar-refractivity contribution is 0.243. The molecule has 82 valence electrons. The highest BCUT2D eigenvalue weighted by Crippen LogP contribution is 2.25. The van der Waals surface area contributed by atoms with Crippen LogP contribution < -0.4 is 0 Å². The molecule has 2 atom stereocenters. The van der Waals surface area contributed by atoms with E-state index >= 15 is 0 Å². The van der Waals surface area contributed by atoms with E-state index in [9.17, 15) is 0 Å². The molecule has 1 unspecified atom stereocenters. The summed E-state index contributed by atoms with van der Waals surface area (Å²) < 4.78 is 5.28. The van der Waals surface area contributed by atoms with Gasteiger partial charge in [0.1, 0.15) is 0 Å². The molecule has 0 bridgehead atoms. The lowest BCUT2D eigenvalue weighted by Crippen LogP contribution is -2.29. The van der Waals surface area contributed by atoms with Crippen molar-refractivity contribution in [1.82, 2.24) is 4.90 Å². The Hall–Kier alpha value is -0.0800. The number of epoxide rings is 1. The summed E-state index contributed by atoms with van der Waals surface area (Å²) in [6, 6.07) is 0. The predicted octanol–water partition coefficient (Wildman–Crippen LogP) is 2.14. The quantitative estimate of drug-likeness (QED) is 0.644. The van der Waals surface area contributed by atoms with Crippen molar-refractivity contribution in [1.29, 1.82) is 0 Å². The standard InChI is InChI=1S/C12H23NO/c1-10(2)11-4-3-6-13(7-5-11)8-12-9-14-12/h10-12H,3-9H2,1-2H3/t11?,12-/m0/s1. The number of ether oxygens (including phenoxy) is 1. The third kappa shape index (κ3) is 2.96. The molecule has 0 aromatic carbocycles. The lowest BCUT2D eigenvalue weighted by Gasteiger charge is -2.20. The summed E-state index contributed by atoms with van der Waals surface area (Å²) in [4.78, 5) is 2.60. The van der Waals surface area contributed by atoms with E-state index in [1.165, 1.54) is 38.9 Å². The molecule has 2 fully saturated rings. The Morgan fingerprint density at radius 2 is 2.07 bits per heavy atom. The first kappa shape index (κ1) is 10.4. The van der Waals surface area contributed by atoms with E-state index in [0.717, 1.165) is 18.4 Å². The van der Waals surface area contributed by atoms with Gasteiger partial charge in [0.2, 0.25) is 0 Å². The second-order valence-corrected chi connectivity index (χ2v) is 5.19. The van der Waals surface area contributed by atoms with Crippen LogP contribution in [0.4, 0.5) is 0 Å². The maximum atomic E-state index is 5.28. The van der Waals surface area contributed by atoms with Crippen LogP contribution >= 0.6 is 0 Å². The number of likely N-dealkylation sites (tertiary alicyclic amines) is 1. The normalized spacial score (nSPS) is 34.5. The zero-order valence-corrected chi connectivity index (χ0v) is 9.54. The van der Waals surface area contributed by atoms with Crippen LogP contribution in [0, 0.1) is 11.8 Å². The van der Waals surface area contributed by atoms with E-state index in [1.807, 2.05) is 0 Å². The third-order valence-electron chi connectivity index (χ3n) is 3.67. The van der Waals surface area contributed by atoms with Gasteiger partial charge in [-0.15, -0.1) is 0 Å². The Morgan fingerprint density at radius 1 is 1.29 bits per heavy atom. The highest BCUT2D eigenvalue weighted by Gasteiger charge is 2.27. The number of hydrogen-bond donors (Lipinski definition) is 0. The lowest BCUT2D eigenvalue weighted by atomic mass is 9.89. The van der Waals surface area contributed by atoms with Gasteiger partial charge in [0.05, 0.1) is 12.7 Å². The van der Waals surface area contributed by atoms with E-state index in [2.05, 4.69) is 18.7 Å². The third-order valence-corrected chi connectivity index (χ3v) is 3.67. The maximum Gasteiger partial charge on any atom is 0.0936 e. The van der Waals surface area contributed by atoms with E-state index in [4.69, 9.17) is 4.74 Å². The highest BCUT2D eigenvalue weighted by atomic mass is 16.6. The van der Waals surface area contributed by atoms with Crippen molar-refractivity contribution in [2.24, 2.45) is 11.8 Å². The van der Waals surface area contributed by atoms with Crippen LogP contribution in [0.25, 0.3) is 0 Å². The van der Waals surface area contributed by atoms with Crippen LogP contribution in [-0.4, -0.2) is 37.2 Å². The van der Waals surface area contributed by atoms with Crippen LogP contribution in [-0.2, 0) is 4.74 Å². The minimum atomic E-state index is 0.575. The fourth-order valence-electron chi connectivity index (χ4n) is 2.49. The Kier molecular flexibility index (Phi) is 3.45. The van der Waals surface area contributed by atoms with Crippen LogP contribution in [0.15, 0.2) is 0 Å². The molecular formula is C12H23NO. The van der Waals surface area contributed by atoms with Gasteiger partial charge in [0, 0.05) is 6.54 Å². The zero-order valence-electron chi connectivity index (χ0n) is 9.54. The van der Waals surface area contributed by atoms with Gasteiger partial charge in [-0.2, -0.15) is 0 Å². The minimum absolute atomic E-state index is 0.575. The molecule has 0 aromatic heterocycles. The van der Waals surface area contributed by atoms with Crippen molar-refractivity contribution in [3.8, 4) is 0 Å². The molecule has 0 aromatic rings. The smallest absolute Gasteiger partial charge is 0.0936 e. The molecule has 2 aliphatic rings. The maximum absolute atomic E-state index is 5.28. The summed E-state index contributed by atoms with van der Waals surface area (Å²) in [6.07, 6.45) is 4.78. The van der Waals surface area contributed by atoms with Gasteiger partial charge in [-0.1, -0.05) is 13.8 Å². The topological polar surface area (TPSA) is 15.8 Å². The van der Waals surface area contributed by atoms with Crippen molar-refractivity contribution < 1.29 is 4.74 Å². The molecule has 0 amide bonds. The summed E-state index contributed by atoms with van der Waals surface area (Å²) in [6.45, 7) is 9.51. The Morgan fingerprint density at radius 3 is 2.71 bits per heavy atom. The van der Waals surface area contributed by atoms with Crippen molar-refractivity contribution in [3.05, 3.63) is 0 Å². The Labute approximate surface area is 87.6 Å². The van der Waals surface area contributed by atoms with Gasteiger partial charge in [-0.3, -0.25) is 0 Å². The van der Waals surface area contributed by atoms with E-state index in [1.54, 1.807) is 0 Å². The molecule has 0 saturated carbocycles. The number of nitrogens with zero attached hydrogens (tertiary/aromatic N) is 1. The highest BCUT2D eigenvalue weighted by molar-refractivity contribution is 4.78. The van der Waals surface area contributed by atoms with Crippen molar-refractivity contribution >= 4 is 0 Å². The van der Waals surface area contributed by atoms with Gasteiger partial charge >= 0.3 is 0 Å². The summed E-state index contributed by atoms with van der Waals surface area (Å²) in [5, 5.41) is 0. The van der Waals surface area contributed by atoms with Crippen LogP contribution in [0.5, 0.6) is 0 Å². The SMILES string of the molecule is CC(C)C1CCCN(C[C@H]2CO2)CC1. The summed E-state index contributed by atoms with van der Waals surface area (Å²) in [7, 11) is 0. The van der Waals surface area contributed by atoms with Gasteiger partial charge in [0.15, 0.2) is 0 Å². The van der Waals surface area contributed by atoms with Gasteiger partial charge in [-0.05, 0) is 44.2 Å². The Bertz CT molecular complexity index is 177. The monoisotopic (exact) mass is 197 g/mol. The molecular weight excluding hydrogens is 174 g/mol. The molecule has 2 heterocycles. The number of rotatable bonds is 3. The average Bonchev–Trinajstić information content (AvgIpc) is 2.92. The molecule has 2 saturated heterocycles. The minimum Gasteiger partial charge on any atom is -0.372 e. The largest absolute Gasteiger partial charge is 0.372 e. The Balaban J connectivity index is 1.75. The van der Waals surface area contributed by atoms with E-state index in [-0.39, 0.29) is 0 Å². The van der Waals surface area contributed by atoms with E-state index < -0.39 is 0 Å². The molecule has 0 spiro atoms. The summed E-state index contributed by atoms with van der Waals surface area (Å²) in [5.41, 5.74) is 0. The summed E-state index contributed by atoms with van der Waals surface area (Å²) in [5.74, 6) is 1.83. The fourth-order valence-corrected chi connectivity index (χ4v) is 2.49. The van der Waals surface area contributed by atoms with Crippen LogP contribution in [0.3, 0.4) is 0 Å². The molecule has 0 aliphatic carbocycles. The first-order valence-corrected chi connectivity index (χ1v) is 6.09. The molecule has 2 heteroatoms. The van der Waals surface area contributed by atoms with E-state index in [0.29, 0.717) is 6.10 Å². The predicted molar refractivity (Wildman–Crippen MR) is 58.4 cm³/mol. The average molecular weight is 197 g/mol. The van der Waals surface area contributed by atoms with Crippen LogP contribution in [0.2, 0.25) is 0 Å². The molecule has 14 heavy (non-hydrogen) atoms. The second kappa shape index (κ2) is 4.63. The molecule has 0 N–H and O–H groups in total. The van der Waals surface area contributed by atoms with Gasteiger partial charge in [0.25, 0.3) is 0 Å². The summed E-state index contributed by atoms with van der Waals surface area (Å²) >= 11 is 0. The van der Waals surface area contributed by atoms with Crippen molar-refractivity contribution in [2.75, 3.05) is 26.2 Å². The number of hydrogen-bond acceptors (Lipinski definition) is 2. The van der Waals surface area contributed by atoms with Gasteiger partial charge in [-0.25, -0.2) is 0 Å². The first-order chi connectivity index (χ1) is 6.75. The molecule has 0 radical (unpaired) electrons. The van der Waals surface area contributed by atoms with Gasteiger partial charge < -0.3 is 9.64 Å². The van der Waals surface area contributed by atoms with Crippen molar-refractivity contribution in [2.45, 2.75) is 39.2 Å². The molecule has 2 nitrogen and oxygen atoms in total. The van der Waals surface area contributed by atoms with Crippen molar-refractivity contribution in [3.63, 3.8) is 0 Å². The van der Waals surface area contributed by atoms with Crippen LogP contribution in [0.1, 0.15) is 33.1 Å². The molecule has 2 aliphatic heterocycles. The zero-order chi connectivity index (χ0) is 9.97. The fraction of sp³-hybridized carbons (Fsp3) is 1.00. The second-order valence-electron chi connectivity index (χ2n) is 5.19. The first-order valence-electron chi connectivity index (χ1n) is 6.09.